The van der Waals surface area contributed by atoms with E-state index in [-0.39, 0.29) is 0 Å². The Balaban J connectivity index is 1.70. The van der Waals surface area contributed by atoms with E-state index in [9.17, 15) is 0 Å². The fraction of sp³-hybridized carbons (Fsp3) is 0.0500. The Morgan fingerprint density at radius 2 is 1.39 bits per heavy atom. The summed E-state index contributed by atoms with van der Waals surface area (Å²) in [6.07, 6.45) is 0. The van der Waals surface area contributed by atoms with Gasteiger partial charge < -0.3 is 4.42 Å². The molecule has 0 atom stereocenters. The Labute approximate surface area is 139 Å². The van der Waals surface area contributed by atoms with Crippen molar-refractivity contribution in [3.05, 3.63) is 77.3 Å². The van der Waals surface area contributed by atoms with Gasteiger partial charge in [0.05, 0.1) is 0 Å². The first-order valence-electron chi connectivity index (χ1n) is 7.43. The molecule has 1 heterocycles. The second-order valence-corrected chi connectivity index (χ2v) is 6.01. The molecule has 23 heavy (non-hydrogen) atoms. The maximum Gasteiger partial charge on any atom is 0.227 e. The lowest BCUT2D eigenvalue weighted by molar-refractivity contribution is 0.620. The molecular formula is C20H14ClNO. The second-order valence-electron chi connectivity index (χ2n) is 5.57. The van der Waals surface area contributed by atoms with Crippen LogP contribution in [0.1, 0.15) is 5.56 Å². The highest BCUT2D eigenvalue weighted by Gasteiger charge is 2.09. The molecule has 0 aliphatic heterocycles. The summed E-state index contributed by atoms with van der Waals surface area (Å²) in [7, 11) is 0. The number of aryl methyl sites for hydroxylation is 1. The number of halogens is 1. The van der Waals surface area contributed by atoms with Gasteiger partial charge in [-0.3, -0.25) is 0 Å². The van der Waals surface area contributed by atoms with Crippen molar-refractivity contribution >= 4 is 22.7 Å². The number of rotatable bonds is 2. The minimum atomic E-state index is 0.609. The van der Waals surface area contributed by atoms with Crippen LogP contribution in [0.2, 0.25) is 5.02 Å². The van der Waals surface area contributed by atoms with Gasteiger partial charge >= 0.3 is 0 Å². The molecule has 2 nitrogen and oxygen atoms in total. The molecule has 0 amide bonds. The van der Waals surface area contributed by atoms with Crippen LogP contribution in [0.3, 0.4) is 0 Å². The molecule has 1 aromatic heterocycles. The summed E-state index contributed by atoms with van der Waals surface area (Å²) < 4.78 is 5.80. The van der Waals surface area contributed by atoms with Crippen molar-refractivity contribution in [1.29, 1.82) is 0 Å². The maximum atomic E-state index is 5.99. The lowest BCUT2D eigenvalue weighted by Crippen LogP contribution is -1.81. The molecule has 0 aliphatic carbocycles. The average molecular weight is 320 g/mol. The number of hydrogen-bond donors (Lipinski definition) is 0. The van der Waals surface area contributed by atoms with Gasteiger partial charge in [-0.25, -0.2) is 4.98 Å². The van der Waals surface area contributed by atoms with Crippen molar-refractivity contribution in [1.82, 2.24) is 4.98 Å². The Morgan fingerprint density at radius 3 is 2.09 bits per heavy atom. The molecule has 4 rings (SSSR count). The van der Waals surface area contributed by atoms with Gasteiger partial charge in [0.25, 0.3) is 0 Å². The molecule has 0 spiro atoms. The number of fused-ring (bicyclic) bond motifs is 1. The predicted octanol–water partition coefficient (Wildman–Crippen LogP) is 6.12. The van der Waals surface area contributed by atoms with E-state index in [2.05, 4.69) is 48.3 Å². The molecule has 0 saturated heterocycles. The molecular weight excluding hydrogens is 306 g/mol. The first kappa shape index (κ1) is 14.0. The fourth-order valence-corrected chi connectivity index (χ4v) is 2.74. The molecule has 0 unspecified atom stereocenters. The lowest BCUT2D eigenvalue weighted by Gasteiger charge is -2.03. The number of oxazole rings is 1. The van der Waals surface area contributed by atoms with E-state index in [4.69, 9.17) is 16.0 Å². The van der Waals surface area contributed by atoms with Crippen molar-refractivity contribution in [2.75, 3.05) is 0 Å². The SMILES string of the molecule is Cc1ccc(-c2ccc(-c3nc4ccc(Cl)cc4o3)cc2)cc1. The van der Waals surface area contributed by atoms with Crippen molar-refractivity contribution in [3.63, 3.8) is 0 Å². The van der Waals surface area contributed by atoms with Crippen LogP contribution in [0.25, 0.3) is 33.7 Å². The molecule has 0 N–H and O–H groups in total. The lowest BCUT2D eigenvalue weighted by atomic mass is 10.0. The molecule has 3 heteroatoms. The van der Waals surface area contributed by atoms with Gasteiger partial charge in [-0.15, -0.1) is 0 Å². The Morgan fingerprint density at radius 1 is 0.783 bits per heavy atom. The van der Waals surface area contributed by atoms with Crippen molar-refractivity contribution in [2.24, 2.45) is 0 Å². The van der Waals surface area contributed by atoms with E-state index in [0.717, 1.165) is 11.1 Å². The molecule has 0 bridgehead atoms. The van der Waals surface area contributed by atoms with Crippen LogP contribution in [0.4, 0.5) is 0 Å². The first-order valence-corrected chi connectivity index (χ1v) is 7.80. The van der Waals surface area contributed by atoms with Crippen LogP contribution >= 0.6 is 11.6 Å². The zero-order valence-electron chi connectivity index (χ0n) is 12.6. The summed E-state index contributed by atoms with van der Waals surface area (Å²) in [5, 5.41) is 0.648. The summed E-state index contributed by atoms with van der Waals surface area (Å²) in [4.78, 5) is 4.51. The van der Waals surface area contributed by atoms with E-state index in [1.165, 1.54) is 16.7 Å². The van der Waals surface area contributed by atoms with Gasteiger partial charge in [0.15, 0.2) is 5.58 Å². The topological polar surface area (TPSA) is 26.0 Å². The highest BCUT2D eigenvalue weighted by molar-refractivity contribution is 6.31. The molecule has 0 fully saturated rings. The van der Waals surface area contributed by atoms with E-state index < -0.39 is 0 Å². The molecule has 0 aliphatic rings. The molecule has 0 saturated carbocycles. The smallest absolute Gasteiger partial charge is 0.227 e. The second kappa shape index (κ2) is 5.56. The van der Waals surface area contributed by atoms with Gasteiger partial charge in [-0.05, 0) is 42.3 Å². The number of hydrogen-bond acceptors (Lipinski definition) is 2. The Kier molecular flexibility index (Phi) is 3.40. The quantitative estimate of drug-likeness (QED) is 0.444. The van der Waals surface area contributed by atoms with Crippen LogP contribution < -0.4 is 0 Å². The fourth-order valence-electron chi connectivity index (χ4n) is 2.57. The van der Waals surface area contributed by atoms with Crippen molar-refractivity contribution < 1.29 is 4.42 Å². The summed E-state index contributed by atoms with van der Waals surface area (Å²) in [6.45, 7) is 2.09. The summed E-state index contributed by atoms with van der Waals surface area (Å²) in [5.41, 5.74) is 6.10. The Hall–Kier alpha value is -2.58. The van der Waals surface area contributed by atoms with Crippen LogP contribution in [-0.2, 0) is 0 Å². The standard InChI is InChI=1S/C20H14ClNO/c1-13-2-4-14(5-3-13)15-6-8-16(9-7-15)20-22-18-11-10-17(21)12-19(18)23-20/h2-12H,1H3. The van der Waals surface area contributed by atoms with Crippen LogP contribution in [0.15, 0.2) is 71.1 Å². The van der Waals surface area contributed by atoms with Crippen molar-refractivity contribution in [2.45, 2.75) is 6.92 Å². The number of nitrogens with zero attached hydrogens (tertiary/aromatic N) is 1. The molecule has 112 valence electrons. The van der Waals surface area contributed by atoms with Gasteiger partial charge in [0.2, 0.25) is 5.89 Å². The molecule has 0 radical (unpaired) electrons. The summed E-state index contributed by atoms with van der Waals surface area (Å²) in [5.74, 6) is 0.609. The zero-order chi connectivity index (χ0) is 15.8. The minimum Gasteiger partial charge on any atom is -0.436 e. The maximum absolute atomic E-state index is 5.99. The average Bonchev–Trinajstić information content (AvgIpc) is 2.99. The predicted molar refractivity (Wildman–Crippen MR) is 94.6 cm³/mol. The third kappa shape index (κ3) is 2.73. The highest BCUT2D eigenvalue weighted by atomic mass is 35.5. The largest absolute Gasteiger partial charge is 0.436 e. The van der Waals surface area contributed by atoms with Gasteiger partial charge in [0, 0.05) is 16.7 Å². The van der Waals surface area contributed by atoms with Crippen LogP contribution in [0.5, 0.6) is 0 Å². The van der Waals surface area contributed by atoms with E-state index in [1.807, 2.05) is 24.3 Å². The molecule has 3 aromatic carbocycles. The van der Waals surface area contributed by atoms with E-state index >= 15 is 0 Å². The van der Waals surface area contributed by atoms with E-state index in [1.54, 1.807) is 6.07 Å². The first-order chi connectivity index (χ1) is 11.2. The number of benzene rings is 3. The third-order valence-corrected chi connectivity index (χ3v) is 4.10. The zero-order valence-corrected chi connectivity index (χ0v) is 13.3. The summed E-state index contributed by atoms with van der Waals surface area (Å²) >= 11 is 5.99. The van der Waals surface area contributed by atoms with Crippen LogP contribution in [-0.4, -0.2) is 4.98 Å². The van der Waals surface area contributed by atoms with Gasteiger partial charge in [0.1, 0.15) is 5.52 Å². The van der Waals surface area contributed by atoms with Gasteiger partial charge in [-0.1, -0.05) is 53.6 Å². The summed E-state index contributed by atoms with van der Waals surface area (Å²) in [6, 6.07) is 22.2. The normalized spacial score (nSPS) is 11.0. The van der Waals surface area contributed by atoms with Crippen molar-refractivity contribution in [3.8, 4) is 22.6 Å². The Bertz CT molecular complexity index is 969. The van der Waals surface area contributed by atoms with Gasteiger partial charge in [-0.2, -0.15) is 0 Å². The van der Waals surface area contributed by atoms with Crippen LogP contribution in [0, 0.1) is 6.92 Å². The third-order valence-electron chi connectivity index (χ3n) is 3.87. The number of aromatic nitrogens is 1. The monoisotopic (exact) mass is 319 g/mol. The minimum absolute atomic E-state index is 0.609. The molecule has 4 aromatic rings. The highest BCUT2D eigenvalue weighted by Crippen LogP contribution is 2.28. The van der Waals surface area contributed by atoms with E-state index in [0.29, 0.717) is 16.5 Å².